The van der Waals surface area contributed by atoms with Crippen molar-refractivity contribution in [3.05, 3.63) is 74.6 Å². The van der Waals surface area contributed by atoms with Gasteiger partial charge >= 0.3 is 5.95 Å². The van der Waals surface area contributed by atoms with Gasteiger partial charge in [-0.15, -0.1) is 0 Å². The third kappa shape index (κ3) is 3.57. The van der Waals surface area contributed by atoms with Crippen LogP contribution in [0.4, 0.5) is 11.6 Å². The smallest absolute Gasteiger partial charge is 0.333 e. The number of quaternary nitrogens is 1. The Labute approximate surface area is 148 Å². The summed E-state index contributed by atoms with van der Waals surface area (Å²) in [6, 6.07) is 17.5. The van der Waals surface area contributed by atoms with Gasteiger partial charge in [0.1, 0.15) is 5.69 Å². The first-order valence-corrected chi connectivity index (χ1v) is 8.34. The molecule has 23 heavy (non-hydrogen) atoms. The Bertz CT molecular complexity index is 837. The first kappa shape index (κ1) is 16.0. The van der Waals surface area contributed by atoms with E-state index in [-0.39, 0.29) is 11.0 Å². The van der Waals surface area contributed by atoms with Crippen LogP contribution in [0.25, 0.3) is 11.3 Å². The van der Waals surface area contributed by atoms with Gasteiger partial charge in [-0.05, 0) is 48.6 Å². The molecule has 0 aliphatic carbocycles. The van der Waals surface area contributed by atoms with Crippen LogP contribution < -0.4 is 5.06 Å². The lowest BCUT2D eigenvalue weighted by molar-refractivity contribution is -0.705. The van der Waals surface area contributed by atoms with Crippen LogP contribution in [-0.4, -0.2) is 9.97 Å². The minimum atomic E-state index is -0.137. The lowest BCUT2D eigenvalue weighted by Crippen LogP contribution is -2.97. The van der Waals surface area contributed by atoms with E-state index < -0.39 is 0 Å². The van der Waals surface area contributed by atoms with Crippen LogP contribution in [0.2, 0.25) is 0 Å². The Morgan fingerprint density at radius 1 is 0.957 bits per heavy atom. The van der Waals surface area contributed by atoms with E-state index in [9.17, 15) is 5.21 Å². The monoisotopic (exact) mass is 417 g/mol. The number of aryl methyl sites for hydroxylation is 2. The van der Waals surface area contributed by atoms with Crippen molar-refractivity contribution >= 4 is 34.2 Å². The molecule has 1 heterocycles. The Morgan fingerprint density at radius 3 is 2.43 bits per heavy atom. The summed E-state index contributed by atoms with van der Waals surface area (Å²) in [7, 11) is 0. The summed E-state index contributed by atoms with van der Waals surface area (Å²) in [6.07, 6.45) is 0. The summed E-state index contributed by atoms with van der Waals surface area (Å²) in [6.45, 7) is 3.81. The summed E-state index contributed by atoms with van der Waals surface area (Å²) < 4.78 is 1.02. The lowest BCUT2D eigenvalue weighted by atomic mass is 10.1. The van der Waals surface area contributed by atoms with Crippen molar-refractivity contribution < 1.29 is 5.06 Å². The fourth-order valence-corrected chi connectivity index (χ4v) is 2.88. The average molecular weight is 417 g/mol. The van der Waals surface area contributed by atoms with Crippen LogP contribution in [0.5, 0.6) is 0 Å². The quantitative estimate of drug-likeness (QED) is 0.522. The predicted octanol–water partition coefficient (Wildman–Crippen LogP) is 3.71. The summed E-state index contributed by atoms with van der Waals surface area (Å²) >= 11 is 2.20. The molecule has 0 spiro atoms. The number of rotatable bonds is 3. The molecule has 1 atom stereocenters. The zero-order valence-corrected chi connectivity index (χ0v) is 15.0. The highest BCUT2D eigenvalue weighted by Crippen LogP contribution is 2.20. The Kier molecular flexibility index (Phi) is 4.70. The Hall–Kier alpha value is -1.83. The van der Waals surface area contributed by atoms with Gasteiger partial charge in [-0.25, -0.2) is 0 Å². The van der Waals surface area contributed by atoms with Crippen molar-refractivity contribution in [1.82, 2.24) is 9.97 Å². The maximum atomic E-state index is 12.8. The van der Waals surface area contributed by atoms with Crippen LogP contribution in [0.15, 0.2) is 54.6 Å². The molecule has 3 rings (SSSR count). The third-order valence-electron chi connectivity index (χ3n) is 3.57. The third-order valence-corrected chi connectivity index (χ3v) is 4.24. The van der Waals surface area contributed by atoms with Gasteiger partial charge in [0.25, 0.3) is 0 Å². The molecular weight excluding hydrogens is 401 g/mol. The van der Waals surface area contributed by atoms with Crippen molar-refractivity contribution in [3.63, 3.8) is 0 Å². The van der Waals surface area contributed by atoms with Gasteiger partial charge in [-0.1, -0.05) is 36.4 Å². The van der Waals surface area contributed by atoms with E-state index in [0.29, 0.717) is 5.69 Å². The molecule has 0 amide bonds. The second kappa shape index (κ2) is 6.74. The summed E-state index contributed by atoms with van der Waals surface area (Å²) in [5.74, 6) is 0.244. The van der Waals surface area contributed by atoms with Crippen LogP contribution in [0.1, 0.15) is 11.3 Å². The molecule has 0 aliphatic heterocycles. The first-order chi connectivity index (χ1) is 11.0. The van der Waals surface area contributed by atoms with Crippen molar-refractivity contribution in [2.24, 2.45) is 0 Å². The van der Waals surface area contributed by atoms with E-state index >= 15 is 0 Å². The zero-order valence-electron chi connectivity index (χ0n) is 12.9. The Balaban J connectivity index is 2.06. The molecule has 2 aromatic carbocycles. The molecule has 116 valence electrons. The molecule has 5 heteroatoms. The Morgan fingerprint density at radius 2 is 1.70 bits per heavy atom. The number of halogens is 1. The molecule has 0 radical (unpaired) electrons. The molecule has 3 aromatic rings. The van der Waals surface area contributed by atoms with Crippen LogP contribution >= 0.6 is 22.6 Å². The first-order valence-electron chi connectivity index (χ1n) is 7.26. The number of hydrogen-bond acceptors (Lipinski definition) is 3. The van der Waals surface area contributed by atoms with E-state index in [4.69, 9.17) is 0 Å². The van der Waals surface area contributed by atoms with E-state index in [2.05, 4.69) is 32.6 Å². The summed E-state index contributed by atoms with van der Waals surface area (Å²) in [5.41, 5.74) is 4.12. The highest BCUT2D eigenvalue weighted by molar-refractivity contribution is 14.1. The maximum absolute atomic E-state index is 12.8. The predicted molar refractivity (Wildman–Crippen MR) is 99.8 cm³/mol. The second-order valence-electron chi connectivity index (χ2n) is 5.37. The molecule has 1 N–H and O–H groups in total. The van der Waals surface area contributed by atoms with Gasteiger partial charge in [0.15, 0.2) is 0 Å². The molecule has 1 unspecified atom stereocenters. The minimum Gasteiger partial charge on any atom is -0.621 e. The maximum Gasteiger partial charge on any atom is 0.333 e. The van der Waals surface area contributed by atoms with Crippen molar-refractivity contribution in [3.8, 4) is 11.3 Å². The number of benzene rings is 2. The molecule has 1 aromatic heterocycles. The van der Waals surface area contributed by atoms with Crippen LogP contribution in [0.3, 0.4) is 0 Å². The lowest BCUT2D eigenvalue weighted by Gasteiger charge is -2.21. The molecule has 0 aliphatic rings. The van der Waals surface area contributed by atoms with Crippen LogP contribution in [-0.2, 0) is 0 Å². The van der Waals surface area contributed by atoms with Crippen molar-refractivity contribution in [2.45, 2.75) is 13.8 Å². The molecule has 0 fully saturated rings. The fourth-order valence-electron chi connectivity index (χ4n) is 2.39. The largest absolute Gasteiger partial charge is 0.621 e. The molecule has 0 bridgehead atoms. The minimum absolute atomic E-state index is 0.137. The van der Waals surface area contributed by atoms with Gasteiger partial charge in [-0.3, -0.25) is 5.06 Å². The van der Waals surface area contributed by atoms with Gasteiger partial charge < -0.3 is 5.21 Å². The number of nitrogens with one attached hydrogen (secondary N) is 1. The highest BCUT2D eigenvalue weighted by atomic mass is 127. The van der Waals surface area contributed by atoms with Gasteiger partial charge in [-0.2, -0.15) is 9.97 Å². The summed E-state index contributed by atoms with van der Waals surface area (Å²) in [5, 5.41) is 12.7. The standard InChI is InChI=1S/C18H16IN3O/c1-12-8-9-15(19)11-17(12)22(23)18-20-13(2)10-16(21-18)14-6-4-3-5-7-14/h3-11,22H,1-2H3. The highest BCUT2D eigenvalue weighted by Gasteiger charge is 2.15. The molecule has 0 saturated carbocycles. The van der Waals surface area contributed by atoms with E-state index in [1.807, 2.05) is 68.4 Å². The fraction of sp³-hybridized carbons (Fsp3) is 0.111. The van der Waals surface area contributed by atoms with E-state index in [1.165, 1.54) is 0 Å². The number of aromatic nitrogens is 2. The molecule has 4 nitrogen and oxygen atoms in total. The van der Waals surface area contributed by atoms with E-state index in [1.54, 1.807) is 0 Å². The topological polar surface area (TPSA) is 53.3 Å². The van der Waals surface area contributed by atoms with E-state index in [0.717, 1.165) is 26.1 Å². The second-order valence-corrected chi connectivity index (χ2v) is 6.62. The molecule has 0 saturated heterocycles. The average Bonchev–Trinajstić information content (AvgIpc) is 2.56. The van der Waals surface area contributed by atoms with Crippen LogP contribution in [0, 0.1) is 22.6 Å². The SMILES string of the molecule is Cc1cc(-c2ccccc2)nc([NH+]([O-])c2cc(I)ccc2C)n1. The number of hydrogen-bond donors (Lipinski definition) is 1. The normalized spacial score (nSPS) is 12.2. The summed E-state index contributed by atoms with van der Waals surface area (Å²) in [4.78, 5) is 8.83. The van der Waals surface area contributed by atoms with Crippen molar-refractivity contribution in [2.75, 3.05) is 0 Å². The van der Waals surface area contributed by atoms with Gasteiger partial charge in [0.2, 0.25) is 0 Å². The zero-order chi connectivity index (χ0) is 16.4. The molecular formula is C18H16IN3O. The van der Waals surface area contributed by atoms with Gasteiger partial charge in [0.05, 0.1) is 5.69 Å². The van der Waals surface area contributed by atoms with Gasteiger partial charge in [0, 0.05) is 26.5 Å². The number of nitrogens with zero attached hydrogens (tertiary/aromatic N) is 2. The van der Waals surface area contributed by atoms with Crippen molar-refractivity contribution in [1.29, 1.82) is 0 Å².